The van der Waals surface area contributed by atoms with Crippen molar-refractivity contribution >= 4 is 11.3 Å². The molecule has 29 heavy (non-hydrogen) atoms. The number of hydrogen-bond donors (Lipinski definition) is 0. The third-order valence-electron chi connectivity index (χ3n) is 7.19. The molecule has 0 radical (unpaired) electrons. The van der Waals surface area contributed by atoms with Crippen LogP contribution in [0.3, 0.4) is 0 Å². The third kappa shape index (κ3) is 3.75. The number of hydrogen-bond acceptors (Lipinski definition) is 6. The number of aromatic nitrogens is 4. The molecule has 3 aliphatic rings. The van der Waals surface area contributed by atoms with Crippen molar-refractivity contribution in [2.45, 2.75) is 57.6 Å². The SMILES string of the molecule is CC(C)c1cc(N2C[C@H]3C[C@@H](N(C)C)[C@H](OCC4CC4)C[C@H]3C2)c2nncn2n1. The van der Waals surface area contributed by atoms with Crippen molar-refractivity contribution in [3.63, 3.8) is 0 Å². The Kier molecular flexibility index (Phi) is 4.98. The van der Waals surface area contributed by atoms with Gasteiger partial charge in [-0.1, -0.05) is 13.8 Å². The van der Waals surface area contributed by atoms with Crippen molar-refractivity contribution in [1.29, 1.82) is 0 Å². The van der Waals surface area contributed by atoms with Crippen molar-refractivity contribution in [3.05, 3.63) is 18.1 Å². The van der Waals surface area contributed by atoms with E-state index in [0.29, 0.717) is 29.9 Å². The van der Waals surface area contributed by atoms with E-state index in [-0.39, 0.29) is 0 Å². The molecule has 0 aromatic carbocycles. The minimum Gasteiger partial charge on any atom is -0.376 e. The third-order valence-corrected chi connectivity index (χ3v) is 7.19. The molecule has 5 rings (SSSR count). The summed E-state index contributed by atoms with van der Waals surface area (Å²) < 4.78 is 8.29. The molecule has 7 nitrogen and oxygen atoms in total. The number of ether oxygens (including phenoxy) is 1. The lowest BCUT2D eigenvalue weighted by Gasteiger charge is -2.41. The van der Waals surface area contributed by atoms with Gasteiger partial charge in [-0.25, -0.2) is 0 Å². The first-order valence-electron chi connectivity index (χ1n) is 11.2. The van der Waals surface area contributed by atoms with Crippen molar-refractivity contribution in [2.24, 2.45) is 17.8 Å². The van der Waals surface area contributed by atoms with E-state index in [1.54, 1.807) is 6.33 Å². The Morgan fingerprint density at radius 3 is 2.62 bits per heavy atom. The highest BCUT2D eigenvalue weighted by Crippen LogP contribution is 2.42. The lowest BCUT2D eigenvalue weighted by atomic mass is 9.77. The van der Waals surface area contributed by atoms with Gasteiger partial charge in [-0.05, 0) is 69.5 Å². The summed E-state index contributed by atoms with van der Waals surface area (Å²) in [6.07, 6.45) is 7.18. The molecule has 2 aromatic heterocycles. The molecule has 2 aromatic rings. The van der Waals surface area contributed by atoms with E-state index in [0.717, 1.165) is 37.0 Å². The van der Waals surface area contributed by atoms with Crippen LogP contribution in [-0.4, -0.2) is 70.6 Å². The summed E-state index contributed by atoms with van der Waals surface area (Å²) in [5.41, 5.74) is 3.16. The topological polar surface area (TPSA) is 58.8 Å². The molecular weight excluding hydrogens is 364 g/mol. The maximum absolute atomic E-state index is 6.44. The second-order valence-corrected chi connectivity index (χ2v) is 9.95. The van der Waals surface area contributed by atoms with Crippen molar-refractivity contribution in [3.8, 4) is 0 Å². The van der Waals surface area contributed by atoms with E-state index < -0.39 is 0 Å². The first-order valence-corrected chi connectivity index (χ1v) is 11.2. The normalized spacial score (nSPS) is 29.9. The zero-order valence-electron chi connectivity index (χ0n) is 18.2. The number of likely N-dealkylation sites (N-methyl/N-ethyl adjacent to an activating group) is 1. The Morgan fingerprint density at radius 2 is 1.93 bits per heavy atom. The average molecular weight is 399 g/mol. The van der Waals surface area contributed by atoms with Crippen molar-refractivity contribution in [2.75, 3.05) is 38.7 Å². The van der Waals surface area contributed by atoms with Crippen LogP contribution in [0.4, 0.5) is 5.69 Å². The van der Waals surface area contributed by atoms with Gasteiger partial charge in [0.1, 0.15) is 6.33 Å². The summed E-state index contributed by atoms with van der Waals surface area (Å²) >= 11 is 0. The molecule has 2 aliphatic carbocycles. The predicted octanol–water partition coefficient (Wildman–Crippen LogP) is 2.82. The molecule has 0 spiro atoms. The maximum Gasteiger partial charge on any atom is 0.200 e. The molecule has 7 heteroatoms. The fraction of sp³-hybridized carbons (Fsp3) is 0.773. The van der Waals surface area contributed by atoms with Gasteiger partial charge >= 0.3 is 0 Å². The zero-order chi connectivity index (χ0) is 20.1. The molecular formula is C22H34N6O. The zero-order valence-corrected chi connectivity index (χ0v) is 18.2. The van der Waals surface area contributed by atoms with Crippen molar-refractivity contribution in [1.82, 2.24) is 24.7 Å². The fourth-order valence-corrected chi connectivity index (χ4v) is 5.20. The first kappa shape index (κ1) is 19.2. The van der Waals surface area contributed by atoms with E-state index >= 15 is 0 Å². The summed E-state index contributed by atoms with van der Waals surface area (Å²) in [4.78, 5) is 4.92. The van der Waals surface area contributed by atoms with Gasteiger partial charge in [0.05, 0.1) is 17.5 Å². The lowest BCUT2D eigenvalue weighted by Crippen LogP contribution is -2.48. The van der Waals surface area contributed by atoms with E-state index in [9.17, 15) is 0 Å². The molecule has 1 aliphatic heterocycles. The lowest BCUT2D eigenvalue weighted by molar-refractivity contribution is -0.0493. The summed E-state index contributed by atoms with van der Waals surface area (Å²) in [7, 11) is 4.42. The van der Waals surface area contributed by atoms with Gasteiger partial charge < -0.3 is 14.5 Å². The van der Waals surface area contributed by atoms with E-state index in [1.807, 2.05) is 4.52 Å². The maximum atomic E-state index is 6.44. The fourth-order valence-electron chi connectivity index (χ4n) is 5.20. The van der Waals surface area contributed by atoms with E-state index in [1.165, 1.54) is 31.4 Å². The second-order valence-electron chi connectivity index (χ2n) is 9.95. The molecule has 0 N–H and O–H groups in total. The Bertz CT molecular complexity index is 860. The standard InChI is InChI=1S/C22H34N6O/c1-14(2)18-9-20(22-24-23-13-28(22)25-18)27-10-16-7-19(26(3)4)21(8-17(16)11-27)29-12-15-5-6-15/h9,13-17,19,21H,5-8,10-12H2,1-4H3/t16-,17+,19-,21-/m1/s1. The molecule has 4 atom stereocenters. The van der Waals surface area contributed by atoms with Crippen LogP contribution < -0.4 is 4.90 Å². The molecule has 0 unspecified atom stereocenters. The first-order chi connectivity index (χ1) is 14.0. The minimum atomic E-state index is 0.364. The number of nitrogens with zero attached hydrogens (tertiary/aromatic N) is 6. The molecule has 158 valence electrons. The highest BCUT2D eigenvalue weighted by molar-refractivity contribution is 5.69. The molecule has 0 amide bonds. The number of anilines is 1. The van der Waals surface area contributed by atoms with Crippen LogP contribution in [0.25, 0.3) is 5.65 Å². The van der Waals surface area contributed by atoms with Gasteiger partial charge in [0.15, 0.2) is 0 Å². The van der Waals surface area contributed by atoms with Crippen LogP contribution in [0.15, 0.2) is 12.4 Å². The number of rotatable bonds is 6. The van der Waals surface area contributed by atoms with E-state index in [2.05, 4.69) is 59.1 Å². The molecule has 2 saturated carbocycles. The highest BCUT2D eigenvalue weighted by Gasteiger charge is 2.44. The predicted molar refractivity (Wildman–Crippen MR) is 113 cm³/mol. The Morgan fingerprint density at radius 1 is 1.17 bits per heavy atom. The van der Waals surface area contributed by atoms with Gasteiger partial charge in [0.25, 0.3) is 0 Å². The molecule has 3 heterocycles. The van der Waals surface area contributed by atoms with Gasteiger partial charge in [-0.2, -0.15) is 9.61 Å². The van der Waals surface area contributed by atoms with Crippen LogP contribution in [0.2, 0.25) is 0 Å². The van der Waals surface area contributed by atoms with Crippen molar-refractivity contribution < 1.29 is 4.74 Å². The number of fused-ring (bicyclic) bond motifs is 2. The van der Waals surface area contributed by atoms with Crippen LogP contribution in [0, 0.1) is 17.8 Å². The Hall–Kier alpha value is -1.73. The van der Waals surface area contributed by atoms with Gasteiger partial charge in [0, 0.05) is 25.7 Å². The minimum absolute atomic E-state index is 0.364. The Labute approximate surface area is 173 Å². The second kappa shape index (κ2) is 7.51. The monoisotopic (exact) mass is 398 g/mol. The summed E-state index contributed by atoms with van der Waals surface area (Å²) in [5, 5.41) is 13.2. The highest BCUT2D eigenvalue weighted by atomic mass is 16.5. The van der Waals surface area contributed by atoms with Crippen LogP contribution in [0.5, 0.6) is 0 Å². The van der Waals surface area contributed by atoms with Crippen LogP contribution in [0.1, 0.15) is 51.1 Å². The molecule has 3 fully saturated rings. The van der Waals surface area contributed by atoms with Crippen LogP contribution in [-0.2, 0) is 4.74 Å². The van der Waals surface area contributed by atoms with Gasteiger partial charge in [0.2, 0.25) is 5.65 Å². The van der Waals surface area contributed by atoms with E-state index in [4.69, 9.17) is 4.74 Å². The van der Waals surface area contributed by atoms with Gasteiger partial charge in [-0.3, -0.25) is 0 Å². The molecule has 0 bridgehead atoms. The quantitative estimate of drug-likeness (QED) is 0.746. The van der Waals surface area contributed by atoms with Gasteiger partial charge in [-0.15, -0.1) is 10.2 Å². The smallest absolute Gasteiger partial charge is 0.200 e. The summed E-state index contributed by atoms with van der Waals surface area (Å²) in [5.74, 6) is 2.60. The summed E-state index contributed by atoms with van der Waals surface area (Å²) in [6.45, 7) is 7.51. The van der Waals surface area contributed by atoms with Crippen LogP contribution >= 0.6 is 0 Å². The largest absolute Gasteiger partial charge is 0.376 e. The average Bonchev–Trinajstić information content (AvgIpc) is 3.23. The Balaban J connectivity index is 1.37. The molecule has 1 saturated heterocycles. The summed E-state index contributed by atoms with van der Waals surface area (Å²) in [6, 6.07) is 2.75.